The van der Waals surface area contributed by atoms with E-state index in [4.69, 9.17) is 0 Å². The Morgan fingerprint density at radius 1 is 1.27 bits per heavy atom. The molecule has 0 spiro atoms. The zero-order valence-corrected chi connectivity index (χ0v) is 15.8. The molecule has 0 aromatic heterocycles. The molecule has 2 rings (SSSR count). The van der Waals surface area contributed by atoms with Gasteiger partial charge in [-0.05, 0) is 68.1 Å². The predicted octanol–water partition coefficient (Wildman–Crippen LogP) is 4.97. The van der Waals surface area contributed by atoms with Crippen molar-refractivity contribution >= 4 is 0 Å². The summed E-state index contributed by atoms with van der Waals surface area (Å²) in [7, 11) is 0. The van der Waals surface area contributed by atoms with Gasteiger partial charge < -0.3 is 15.1 Å². The number of unbranched alkanes of at least 4 members (excludes halogenated alkanes) is 1. The van der Waals surface area contributed by atoms with Crippen LogP contribution in [0.5, 0.6) is 11.5 Å². The maximum Gasteiger partial charge on any atom is 0.294 e. The van der Waals surface area contributed by atoms with E-state index in [2.05, 4.69) is 17.8 Å². The number of aromatic hydroxyl groups is 2. The van der Waals surface area contributed by atoms with Crippen LogP contribution >= 0.6 is 0 Å². The summed E-state index contributed by atoms with van der Waals surface area (Å²) in [5, 5.41) is 30.5. The number of rotatable bonds is 8. The molecule has 1 aromatic rings. The Balaban J connectivity index is 2.07. The van der Waals surface area contributed by atoms with Crippen LogP contribution in [-0.4, -0.2) is 21.9 Å². The van der Waals surface area contributed by atoms with Crippen molar-refractivity contribution in [1.29, 1.82) is 0 Å². The number of nitrogens with zero attached hydrogens (tertiary/aromatic N) is 1. The van der Waals surface area contributed by atoms with Crippen molar-refractivity contribution in [2.75, 3.05) is 6.61 Å². The minimum absolute atomic E-state index is 0.0903. The van der Waals surface area contributed by atoms with Crippen molar-refractivity contribution in [3.63, 3.8) is 0 Å². The van der Waals surface area contributed by atoms with Gasteiger partial charge in [-0.3, -0.25) is 0 Å². The first-order valence-corrected chi connectivity index (χ1v) is 9.20. The van der Waals surface area contributed by atoms with Gasteiger partial charge in [0, 0.05) is 5.56 Å². The lowest BCUT2D eigenvalue weighted by Gasteiger charge is -2.28. The number of hydrogen-bond donors (Lipinski definition) is 2. The van der Waals surface area contributed by atoms with E-state index in [-0.39, 0.29) is 29.4 Å². The summed E-state index contributed by atoms with van der Waals surface area (Å²) in [6, 6.07) is 3.52. The van der Waals surface area contributed by atoms with E-state index in [0.717, 1.165) is 37.7 Å². The van der Waals surface area contributed by atoms with Crippen LogP contribution in [-0.2, 0) is 10.3 Å². The number of benzene rings is 1. The quantitative estimate of drug-likeness (QED) is 0.294. The molecule has 1 aliphatic rings. The van der Waals surface area contributed by atoms with Crippen molar-refractivity contribution in [1.82, 2.24) is 0 Å². The molecule has 0 heterocycles. The van der Waals surface area contributed by atoms with Crippen molar-refractivity contribution in [3.8, 4) is 11.5 Å². The Hall–Kier alpha value is -2.24. The fourth-order valence-corrected chi connectivity index (χ4v) is 3.74. The summed E-state index contributed by atoms with van der Waals surface area (Å²) in [4.78, 5) is 14.5. The third-order valence-electron chi connectivity index (χ3n) is 5.30. The molecule has 0 radical (unpaired) electrons. The average Bonchev–Trinajstić information content (AvgIpc) is 2.53. The minimum Gasteiger partial charge on any atom is -0.508 e. The van der Waals surface area contributed by atoms with Crippen LogP contribution < -0.4 is 0 Å². The van der Waals surface area contributed by atoms with Crippen LogP contribution in [0.3, 0.4) is 0 Å². The maximum atomic E-state index is 10.6. The second-order valence-corrected chi connectivity index (χ2v) is 7.85. The van der Waals surface area contributed by atoms with Crippen LogP contribution in [0, 0.1) is 10.1 Å². The lowest BCUT2D eigenvalue weighted by molar-refractivity contribution is -0.757. The number of hydrogen-bond acceptors (Lipinski definition) is 5. The van der Waals surface area contributed by atoms with Crippen molar-refractivity contribution in [2.45, 2.75) is 70.6 Å². The third-order valence-corrected chi connectivity index (χ3v) is 5.30. The van der Waals surface area contributed by atoms with Crippen molar-refractivity contribution < 1.29 is 20.1 Å². The standard InChI is InChI=1S/C20H29NO5/c1-14-7-6-8-15(11-14)19-17(22)12-16(13-18(19)23)20(2,3)9-4-5-10-26-21(24)25/h7,12-13,15,22-23H,4-6,8-11H2,1-3H3. The van der Waals surface area contributed by atoms with E-state index in [1.165, 1.54) is 5.57 Å². The van der Waals surface area contributed by atoms with E-state index in [9.17, 15) is 20.3 Å². The lowest BCUT2D eigenvalue weighted by atomic mass is 9.77. The van der Waals surface area contributed by atoms with Gasteiger partial charge in [0.25, 0.3) is 5.09 Å². The number of allylic oxidation sites excluding steroid dienone is 2. The molecule has 0 fully saturated rings. The molecule has 144 valence electrons. The number of phenolic OH excluding ortho intramolecular Hbond substituents is 2. The van der Waals surface area contributed by atoms with E-state index in [1.807, 2.05) is 13.8 Å². The normalized spacial score (nSPS) is 17.7. The molecule has 1 aromatic carbocycles. The summed E-state index contributed by atoms with van der Waals surface area (Å²) in [6.45, 7) is 6.26. The Morgan fingerprint density at radius 2 is 1.92 bits per heavy atom. The van der Waals surface area contributed by atoms with Gasteiger partial charge in [0.15, 0.2) is 0 Å². The fourth-order valence-electron chi connectivity index (χ4n) is 3.74. The molecule has 26 heavy (non-hydrogen) atoms. The first-order valence-electron chi connectivity index (χ1n) is 9.20. The zero-order chi connectivity index (χ0) is 19.3. The Morgan fingerprint density at radius 3 is 2.50 bits per heavy atom. The summed E-state index contributed by atoms with van der Waals surface area (Å²) in [5.41, 5.74) is 2.55. The van der Waals surface area contributed by atoms with Crippen LogP contribution in [0.15, 0.2) is 23.8 Å². The largest absolute Gasteiger partial charge is 0.508 e. The monoisotopic (exact) mass is 363 g/mol. The molecule has 6 heteroatoms. The minimum atomic E-state index is -0.776. The van der Waals surface area contributed by atoms with Crippen molar-refractivity contribution in [2.24, 2.45) is 0 Å². The molecule has 6 nitrogen and oxygen atoms in total. The molecular formula is C20H29NO5. The molecule has 1 aliphatic carbocycles. The fraction of sp³-hybridized carbons (Fsp3) is 0.600. The van der Waals surface area contributed by atoms with Gasteiger partial charge in [0.2, 0.25) is 0 Å². The van der Waals surface area contributed by atoms with Crippen LogP contribution in [0.25, 0.3) is 0 Å². The van der Waals surface area contributed by atoms with Gasteiger partial charge in [0.1, 0.15) is 11.5 Å². The summed E-state index contributed by atoms with van der Waals surface area (Å²) in [5.74, 6) is 0.463. The third kappa shape index (κ3) is 5.13. The van der Waals surface area contributed by atoms with E-state index >= 15 is 0 Å². The molecule has 0 bridgehead atoms. The second-order valence-electron chi connectivity index (χ2n) is 7.85. The molecule has 1 atom stereocenters. The molecule has 0 amide bonds. The molecule has 1 unspecified atom stereocenters. The molecule has 2 N–H and O–H groups in total. The van der Waals surface area contributed by atoms with E-state index < -0.39 is 5.09 Å². The van der Waals surface area contributed by atoms with Gasteiger partial charge in [-0.15, -0.1) is 10.1 Å². The number of phenols is 2. The van der Waals surface area contributed by atoms with Crippen LogP contribution in [0.2, 0.25) is 0 Å². The summed E-state index contributed by atoms with van der Waals surface area (Å²) in [6.07, 6.45) is 7.10. The maximum absolute atomic E-state index is 10.6. The highest BCUT2D eigenvalue weighted by atomic mass is 16.9. The van der Waals surface area contributed by atoms with Gasteiger partial charge in [-0.1, -0.05) is 31.9 Å². The summed E-state index contributed by atoms with van der Waals surface area (Å²) >= 11 is 0. The molecule has 0 aliphatic heterocycles. The van der Waals surface area contributed by atoms with Gasteiger partial charge in [0.05, 0.1) is 6.61 Å². The molecule has 0 saturated carbocycles. The highest BCUT2D eigenvalue weighted by molar-refractivity contribution is 5.51. The smallest absolute Gasteiger partial charge is 0.294 e. The average molecular weight is 363 g/mol. The Kier molecular flexibility index (Phi) is 6.51. The van der Waals surface area contributed by atoms with E-state index in [0.29, 0.717) is 12.0 Å². The van der Waals surface area contributed by atoms with Crippen LogP contribution in [0.1, 0.15) is 76.3 Å². The predicted molar refractivity (Wildman–Crippen MR) is 99.9 cm³/mol. The SMILES string of the molecule is CC1=CCCC(c2c(O)cc(C(C)(C)CCCCO[N+](=O)[O-])cc2O)C1. The Bertz CT molecular complexity index is 658. The first-order chi connectivity index (χ1) is 12.2. The van der Waals surface area contributed by atoms with Gasteiger partial charge in [-0.2, -0.15) is 0 Å². The topological polar surface area (TPSA) is 92.8 Å². The lowest BCUT2D eigenvalue weighted by Crippen LogP contribution is -2.18. The highest BCUT2D eigenvalue weighted by Gasteiger charge is 2.27. The second kappa shape index (κ2) is 8.43. The Labute approximate surface area is 154 Å². The van der Waals surface area contributed by atoms with Crippen LogP contribution in [0.4, 0.5) is 0 Å². The summed E-state index contributed by atoms with van der Waals surface area (Å²) < 4.78 is 0. The zero-order valence-electron chi connectivity index (χ0n) is 15.8. The molecule has 0 saturated heterocycles. The highest BCUT2D eigenvalue weighted by Crippen LogP contribution is 2.44. The van der Waals surface area contributed by atoms with Gasteiger partial charge >= 0.3 is 0 Å². The van der Waals surface area contributed by atoms with Gasteiger partial charge in [-0.25, -0.2) is 0 Å². The first kappa shape index (κ1) is 20.1. The van der Waals surface area contributed by atoms with E-state index in [1.54, 1.807) is 12.1 Å². The van der Waals surface area contributed by atoms with Crippen molar-refractivity contribution in [3.05, 3.63) is 45.0 Å². The molecular weight excluding hydrogens is 334 g/mol.